The highest BCUT2D eigenvalue weighted by atomic mass is 16.5. The van der Waals surface area contributed by atoms with Crippen LogP contribution in [0.1, 0.15) is 44.9 Å². The number of nitrogens with zero attached hydrogens (tertiary/aromatic N) is 1. The fraction of sp³-hybridized carbons (Fsp3) is 0.714. The van der Waals surface area contributed by atoms with Crippen molar-refractivity contribution >= 4 is 12.0 Å². The van der Waals surface area contributed by atoms with Crippen molar-refractivity contribution in [2.24, 2.45) is 5.73 Å². The molecule has 5 nitrogen and oxygen atoms in total. The first-order valence-corrected chi connectivity index (χ1v) is 7.10. The van der Waals surface area contributed by atoms with Gasteiger partial charge in [0.15, 0.2) is 0 Å². The van der Waals surface area contributed by atoms with E-state index in [4.69, 9.17) is 10.5 Å². The zero-order chi connectivity index (χ0) is 13.7. The van der Waals surface area contributed by atoms with Crippen LogP contribution in [0.25, 0.3) is 0 Å². The molecule has 0 aromatic heterocycles. The van der Waals surface area contributed by atoms with Crippen molar-refractivity contribution in [1.29, 1.82) is 0 Å². The maximum Gasteiger partial charge on any atom is 0.333 e. The van der Waals surface area contributed by atoms with Crippen molar-refractivity contribution in [3.63, 3.8) is 0 Å². The highest BCUT2D eigenvalue weighted by Gasteiger charge is 2.28. The number of amides is 2. The van der Waals surface area contributed by atoms with Gasteiger partial charge in [0.25, 0.3) is 0 Å². The topological polar surface area (TPSA) is 72.6 Å². The molecule has 2 rings (SSSR count). The van der Waals surface area contributed by atoms with Gasteiger partial charge in [0.05, 0.1) is 6.04 Å². The summed E-state index contributed by atoms with van der Waals surface area (Å²) >= 11 is 0. The van der Waals surface area contributed by atoms with Gasteiger partial charge in [0.2, 0.25) is 0 Å². The summed E-state index contributed by atoms with van der Waals surface area (Å²) in [6.45, 7) is 0.930. The molecule has 0 radical (unpaired) electrons. The Morgan fingerprint density at radius 2 is 2.16 bits per heavy atom. The van der Waals surface area contributed by atoms with Crippen LogP contribution in [0, 0.1) is 0 Å². The molecule has 1 saturated heterocycles. The zero-order valence-corrected chi connectivity index (χ0v) is 11.3. The summed E-state index contributed by atoms with van der Waals surface area (Å²) in [4.78, 5) is 24.8. The fourth-order valence-corrected chi connectivity index (χ4v) is 2.76. The molecule has 0 spiro atoms. The van der Waals surface area contributed by atoms with E-state index in [1.54, 1.807) is 4.90 Å². The monoisotopic (exact) mass is 266 g/mol. The van der Waals surface area contributed by atoms with E-state index in [0.29, 0.717) is 6.54 Å². The van der Waals surface area contributed by atoms with Crippen LogP contribution in [0.3, 0.4) is 0 Å². The van der Waals surface area contributed by atoms with Crippen molar-refractivity contribution < 1.29 is 14.3 Å². The van der Waals surface area contributed by atoms with Crippen molar-refractivity contribution in [1.82, 2.24) is 4.90 Å². The largest absolute Gasteiger partial charge is 0.460 e. The number of hydrogen-bond donors (Lipinski definition) is 1. The quantitative estimate of drug-likeness (QED) is 0.794. The maximum absolute atomic E-state index is 12.0. The lowest BCUT2D eigenvalue weighted by atomic mass is 10.1. The van der Waals surface area contributed by atoms with Gasteiger partial charge < -0.3 is 15.4 Å². The van der Waals surface area contributed by atoms with Crippen LogP contribution in [-0.4, -0.2) is 36.1 Å². The highest BCUT2D eigenvalue weighted by Crippen LogP contribution is 2.20. The Labute approximate surface area is 113 Å². The average molecular weight is 266 g/mol. The Hall–Kier alpha value is -1.52. The Balaban J connectivity index is 1.82. The SMILES string of the molecule is NC(=O)N1CCCC1COC(=O)C1=CCCCCC1. The molecule has 1 fully saturated rings. The maximum atomic E-state index is 12.0. The summed E-state index contributed by atoms with van der Waals surface area (Å²) in [6, 6.07) is -0.472. The summed E-state index contributed by atoms with van der Waals surface area (Å²) in [5, 5.41) is 0. The average Bonchev–Trinajstić information content (AvgIpc) is 2.69. The second-order valence-corrected chi connectivity index (χ2v) is 5.25. The predicted molar refractivity (Wildman–Crippen MR) is 71.4 cm³/mol. The number of allylic oxidation sites excluding steroid dienone is 1. The summed E-state index contributed by atoms with van der Waals surface area (Å²) in [7, 11) is 0. The van der Waals surface area contributed by atoms with E-state index >= 15 is 0 Å². The minimum atomic E-state index is -0.424. The van der Waals surface area contributed by atoms with Crippen LogP contribution in [0.4, 0.5) is 4.79 Å². The van der Waals surface area contributed by atoms with Crippen LogP contribution >= 0.6 is 0 Å². The molecular weight excluding hydrogens is 244 g/mol. The van der Waals surface area contributed by atoms with Gasteiger partial charge in [-0.2, -0.15) is 0 Å². The third-order valence-electron chi connectivity index (χ3n) is 3.87. The first kappa shape index (κ1) is 13.9. The second kappa shape index (κ2) is 6.59. The van der Waals surface area contributed by atoms with E-state index in [1.165, 1.54) is 6.42 Å². The normalized spacial score (nSPS) is 23.7. The van der Waals surface area contributed by atoms with Crippen molar-refractivity contribution in [3.05, 3.63) is 11.6 Å². The molecule has 1 aliphatic carbocycles. The molecule has 2 aliphatic rings. The number of ether oxygens (including phenoxy) is 1. The fourth-order valence-electron chi connectivity index (χ4n) is 2.76. The molecule has 0 bridgehead atoms. The lowest BCUT2D eigenvalue weighted by molar-refractivity contribution is -0.140. The van der Waals surface area contributed by atoms with E-state index in [0.717, 1.165) is 44.1 Å². The molecule has 1 heterocycles. The van der Waals surface area contributed by atoms with Gasteiger partial charge >= 0.3 is 12.0 Å². The molecular formula is C14H22N2O3. The lowest BCUT2D eigenvalue weighted by Gasteiger charge is -2.22. The number of likely N-dealkylation sites (tertiary alicyclic amines) is 1. The van der Waals surface area contributed by atoms with Gasteiger partial charge in [-0.15, -0.1) is 0 Å². The molecule has 2 N–H and O–H groups in total. The van der Waals surface area contributed by atoms with E-state index in [9.17, 15) is 9.59 Å². The van der Waals surface area contributed by atoms with E-state index < -0.39 is 6.03 Å². The molecule has 19 heavy (non-hydrogen) atoms. The van der Waals surface area contributed by atoms with Gasteiger partial charge in [-0.1, -0.05) is 12.5 Å². The van der Waals surface area contributed by atoms with Gasteiger partial charge in [-0.25, -0.2) is 9.59 Å². The molecule has 1 aliphatic heterocycles. The minimum Gasteiger partial charge on any atom is -0.460 e. The molecule has 106 valence electrons. The summed E-state index contributed by atoms with van der Waals surface area (Å²) < 4.78 is 5.34. The molecule has 5 heteroatoms. The lowest BCUT2D eigenvalue weighted by Crippen LogP contribution is -2.42. The predicted octanol–water partition coefficient (Wildman–Crippen LogP) is 1.96. The summed E-state index contributed by atoms with van der Waals surface area (Å²) in [5.74, 6) is -0.224. The number of carbonyl (C=O) groups excluding carboxylic acids is 2. The Kier molecular flexibility index (Phi) is 4.82. The number of hydrogen-bond acceptors (Lipinski definition) is 3. The van der Waals surface area contributed by atoms with Crippen LogP contribution in [0.5, 0.6) is 0 Å². The molecule has 1 unspecified atom stereocenters. The first-order chi connectivity index (χ1) is 9.18. The van der Waals surface area contributed by atoms with Crippen LogP contribution < -0.4 is 5.73 Å². The third-order valence-corrected chi connectivity index (χ3v) is 3.87. The van der Waals surface area contributed by atoms with Gasteiger partial charge in [0, 0.05) is 12.1 Å². The summed E-state index contributed by atoms with van der Waals surface area (Å²) in [6.07, 6.45) is 8.92. The van der Waals surface area contributed by atoms with Crippen LogP contribution in [-0.2, 0) is 9.53 Å². The number of urea groups is 1. The summed E-state index contributed by atoms with van der Waals surface area (Å²) in [5.41, 5.74) is 6.09. The number of primary amides is 1. The number of esters is 1. The van der Waals surface area contributed by atoms with E-state index in [-0.39, 0.29) is 18.6 Å². The molecule has 2 amide bonds. The van der Waals surface area contributed by atoms with Crippen molar-refractivity contribution in [3.8, 4) is 0 Å². The number of rotatable bonds is 3. The third kappa shape index (κ3) is 3.72. The van der Waals surface area contributed by atoms with E-state index in [2.05, 4.69) is 0 Å². The first-order valence-electron chi connectivity index (χ1n) is 7.10. The van der Waals surface area contributed by atoms with E-state index in [1.807, 2.05) is 6.08 Å². The standard InChI is InChI=1S/C14H22N2O3/c15-14(18)16-9-5-8-12(16)10-19-13(17)11-6-3-1-2-4-7-11/h6,12H,1-5,7-10H2,(H2,15,18). The van der Waals surface area contributed by atoms with Crippen LogP contribution in [0.15, 0.2) is 11.6 Å². The Morgan fingerprint density at radius 1 is 1.32 bits per heavy atom. The van der Waals surface area contributed by atoms with Gasteiger partial charge in [-0.05, 0) is 38.5 Å². The Morgan fingerprint density at radius 3 is 2.95 bits per heavy atom. The Bertz CT molecular complexity index is 379. The molecule has 1 atom stereocenters. The van der Waals surface area contributed by atoms with Crippen molar-refractivity contribution in [2.45, 2.75) is 51.0 Å². The van der Waals surface area contributed by atoms with Gasteiger partial charge in [0.1, 0.15) is 6.61 Å². The minimum absolute atomic E-state index is 0.0483. The van der Waals surface area contributed by atoms with Crippen LogP contribution in [0.2, 0.25) is 0 Å². The van der Waals surface area contributed by atoms with Crippen molar-refractivity contribution in [2.75, 3.05) is 13.2 Å². The number of nitrogens with two attached hydrogens (primary N) is 1. The highest BCUT2D eigenvalue weighted by molar-refractivity contribution is 5.88. The number of carbonyl (C=O) groups is 2. The molecule has 0 aromatic carbocycles. The smallest absolute Gasteiger partial charge is 0.333 e. The molecule has 0 saturated carbocycles. The molecule has 0 aromatic rings. The van der Waals surface area contributed by atoms with Gasteiger partial charge in [-0.3, -0.25) is 0 Å². The second-order valence-electron chi connectivity index (χ2n) is 5.25. The zero-order valence-electron chi connectivity index (χ0n) is 11.3.